The fourth-order valence-electron chi connectivity index (χ4n) is 2.92. The van der Waals surface area contributed by atoms with E-state index in [1.165, 1.54) is 6.20 Å². The summed E-state index contributed by atoms with van der Waals surface area (Å²) in [4.78, 5) is 28.1. The second kappa shape index (κ2) is 7.79. The van der Waals surface area contributed by atoms with Crippen molar-refractivity contribution in [3.8, 4) is 11.4 Å². The first-order valence-corrected chi connectivity index (χ1v) is 9.15. The number of aromatic amines is 1. The number of hydrogen-bond acceptors (Lipinski definition) is 5. The molecule has 4 aromatic rings. The van der Waals surface area contributed by atoms with Gasteiger partial charge in [0.15, 0.2) is 5.82 Å². The van der Waals surface area contributed by atoms with Gasteiger partial charge < -0.3 is 15.6 Å². The van der Waals surface area contributed by atoms with Crippen molar-refractivity contribution in [1.82, 2.24) is 25.3 Å². The first-order valence-electron chi connectivity index (χ1n) is 8.77. The molecule has 0 bridgehead atoms. The Bertz CT molecular complexity index is 1240. The van der Waals surface area contributed by atoms with Crippen molar-refractivity contribution in [2.24, 2.45) is 0 Å². The monoisotopic (exact) mass is 434 g/mol. The average Bonchev–Trinajstić information content (AvgIpc) is 3.12. The van der Waals surface area contributed by atoms with Gasteiger partial charge in [0.1, 0.15) is 18.0 Å². The maximum atomic E-state index is 12.3. The minimum absolute atomic E-state index is 0.321. The van der Waals surface area contributed by atoms with Crippen LogP contribution < -0.4 is 10.6 Å². The Hall–Kier alpha value is -3.40. The van der Waals surface area contributed by atoms with Crippen LogP contribution in [0.25, 0.3) is 33.3 Å². The van der Waals surface area contributed by atoms with Gasteiger partial charge >= 0.3 is 6.18 Å². The number of benzene rings is 1. The molecule has 11 heteroatoms. The number of nitrogens with zero attached hydrogens (tertiary/aromatic N) is 3. The van der Waals surface area contributed by atoms with E-state index in [-0.39, 0.29) is 6.54 Å². The first-order chi connectivity index (χ1) is 14.3. The predicted octanol–water partition coefficient (Wildman–Crippen LogP) is 3.92. The summed E-state index contributed by atoms with van der Waals surface area (Å²) in [7, 11) is 0. The summed E-state index contributed by atoms with van der Waals surface area (Å²) in [6.45, 7) is -1.77. The molecular weight excluding hydrogens is 421 g/mol. The number of rotatable bonds is 5. The lowest BCUT2D eigenvalue weighted by molar-refractivity contribution is -0.137. The Morgan fingerprint density at radius 2 is 1.97 bits per heavy atom. The lowest BCUT2D eigenvalue weighted by Crippen LogP contribution is -2.37. The van der Waals surface area contributed by atoms with Gasteiger partial charge in [0.05, 0.1) is 17.1 Å². The summed E-state index contributed by atoms with van der Waals surface area (Å²) in [5.74, 6) is -0.135. The van der Waals surface area contributed by atoms with E-state index in [2.05, 4.69) is 25.3 Å². The highest BCUT2D eigenvalue weighted by Crippen LogP contribution is 2.30. The van der Waals surface area contributed by atoms with E-state index in [1.54, 1.807) is 36.5 Å². The van der Waals surface area contributed by atoms with E-state index in [1.807, 2.05) is 5.32 Å². The Kier molecular flexibility index (Phi) is 5.17. The quantitative estimate of drug-likeness (QED) is 0.442. The zero-order chi connectivity index (χ0) is 21.3. The van der Waals surface area contributed by atoms with Crippen LogP contribution in [0.5, 0.6) is 0 Å². The maximum Gasteiger partial charge on any atom is 0.405 e. The number of amides is 1. The molecule has 3 heterocycles. The number of aromatic nitrogens is 4. The van der Waals surface area contributed by atoms with Crippen LogP contribution in [-0.4, -0.2) is 45.1 Å². The summed E-state index contributed by atoms with van der Waals surface area (Å²) in [6, 6.07) is 8.83. The molecule has 0 unspecified atom stereocenters. The lowest BCUT2D eigenvalue weighted by Gasteiger charge is -2.12. The van der Waals surface area contributed by atoms with Crippen LogP contribution in [0.3, 0.4) is 0 Å². The molecule has 0 aliphatic rings. The van der Waals surface area contributed by atoms with Crippen molar-refractivity contribution >= 4 is 45.3 Å². The summed E-state index contributed by atoms with van der Waals surface area (Å²) in [6.07, 6.45) is -1.27. The van der Waals surface area contributed by atoms with Crippen LogP contribution in [0, 0.1) is 0 Å². The molecule has 0 spiro atoms. The van der Waals surface area contributed by atoms with Gasteiger partial charge in [-0.15, -0.1) is 0 Å². The summed E-state index contributed by atoms with van der Waals surface area (Å²) in [5, 5.41) is 6.41. The third kappa shape index (κ3) is 4.28. The van der Waals surface area contributed by atoms with Gasteiger partial charge in [0.25, 0.3) is 0 Å². The maximum absolute atomic E-state index is 12.3. The second-order valence-corrected chi connectivity index (χ2v) is 6.85. The molecule has 0 fully saturated rings. The van der Waals surface area contributed by atoms with E-state index in [0.717, 1.165) is 0 Å². The zero-order valence-corrected chi connectivity index (χ0v) is 16.0. The summed E-state index contributed by atoms with van der Waals surface area (Å²) < 4.78 is 36.8. The van der Waals surface area contributed by atoms with Crippen molar-refractivity contribution in [3.63, 3.8) is 0 Å². The largest absolute Gasteiger partial charge is 0.405 e. The van der Waals surface area contributed by atoms with E-state index in [4.69, 9.17) is 11.6 Å². The fraction of sp³-hybridized carbons (Fsp3) is 0.158. The van der Waals surface area contributed by atoms with E-state index >= 15 is 0 Å². The molecular formula is C19H14ClF3N6O. The number of alkyl halides is 3. The predicted molar refractivity (Wildman–Crippen MR) is 107 cm³/mol. The topological polar surface area (TPSA) is 95.6 Å². The van der Waals surface area contributed by atoms with Crippen molar-refractivity contribution in [1.29, 1.82) is 0 Å². The molecule has 3 N–H and O–H groups in total. The standard InChI is InChI=1S/C19H14ClF3N6O/c20-10-5-12-13(7-25-16(12)24-6-10)18-28-14-4-2-1-3-11(14)17(29-18)26-8-15(30)27-9-19(21,22)23/h1-7H,8-9H2,(H,24,25)(H,27,30)(H,26,28,29). The first kappa shape index (κ1) is 19.9. The number of carbonyl (C=O) groups excluding carboxylic acids is 1. The molecule has 0 aliphatic heterocycles. The smallest absolute Gasteiger partial charge is 0.360 e. The highest BCUT2D eigenvalue weighted by molar-refractivity contribution is 6.31. The minimum atomic E-state index is -4.48. The molecule has 0 saturated heterocycles. The second-order valence-electron chi connectivity index (χ2n) is 6.41. The molecule has 0 radical (unpaired) electrons. The molecule has 154 valence electrons. The molecule has 4 rings (SSSR count). The molecule has 0 aliphatic carbocycles. The van der Waals surface area contributed by atoms with E-state index in [9.17, 15) is 18.0 Å². The van der Waals surface area contributed by atoms with Gasteiger partial charge in [-0.3, -0.25) is 4.79 Å². The van der Waals surface area contributed by atoms with Crippen LogP contribution in [0.2, 0.25) is 5.02 Å². The molecule has 30 heavy (non-hydrogen) atoms. The van der Waals surface area contributed by atoms with Gasteiger partial charge in [-0.2, -0.15) is 13.2 Å². The third-order valence-electron chi connectivity index (χ3n) is 4.24. The van der Waals surface area contributed by atoms with E-state index < -0.39 is 18.6 Å². The number of carbonyl (C=O) groups is 1. The summed E-state index contributed by atoms with van der Waals surface area (Å²) >= 11 is 6.05. The molecule has 7 nitrogen and oxygen atoms in total. The third-order valence-corrected chi connectivity index (χ3v) is 4.45. The number of halogens is 4. The van der Waals surface area contributed by atoms with Crippen LogP contribution in [0.1, 0.15) is 0 Å². The van der Waals surface area contributed by atoms with Crippen LogP contribution in [0.15, 0.2) is 42.7 Å². The number of anilines is 1. The number of hydrogen-bond donors (Lipinski definition) is 3. The number of pyridine rings is 1. The lowest BCUT2D eigenvalue weighted by atomic mass is 10.2. The van der Waals surface area contributed by atoms with Gasteiger partial charge in [-0.25, -0.2) is 15.0 Å². The highest BCUT2D eigenvalue weighted by atomic mass is 35.5. The Morgan fingerprint density at radius 1 is 1.17 bits per heavy atom. The molecule has 0 atom stereocenters. The van der Waals surface area contributed by atoms with E-state index in [0.29, 0.717) is 44.2 Å². The molecule has 1 amide bonds. The Labute approximate surface area is 172 Å². The van der Waals surface area contributed by atoms with Gasteiger partial charge in [0, 0.05) is 28.7 Å². The SMILES string of the molecule is O=C(CNc1nc(-c2c[nH]c3ncc(Cl)cc23)nc2ccccc12)NCC(F)(F)F. The number of H-pyrrole nitrogens is 1. The Morgan fingerprint density at radius 3 is 2.77 bits per heavy atom. The van der Waals surface area contributed by atoms with Crippen LogP contribution in [-0.2, 0) is 4.79 Å². The van der Waals surface area contributed by atoms with Gasteiger partial charge in [-0.05, 0) is 18.2 Å². The van der Waals surface area contributed by atoms with Crippen molar-refractivity contribution in [2.75, 3.05) is 18.4 Å². The van der Waals surface area contributed by atoms with Gasteiger partial charge in [0.2, 0.25) is 5.91 Å². The number of nitrogens with one attached hydrogen (secondary N) is 3. The highest BCUT2D eigenvalue weighted by Gasteiger charge is 2.27. The fourth-order valence-corrected chi connectivity index (χ4v) is 3.08. The minimum Gasteiger partial charge on any atom is -0.360 e. The molecule has 1 aromatic carbocycles. The van der Waals surface area contributed by atoms with Gasteiger partial charge in [-0.1, -0.05) is 23.7 Å². The van der Waals surface area contributed by atoms with Crippen molar-refractivity contribution in [2.45, 2.75) is 6.18 Å². The summed E-state index contributed by atoms with van der Waals surface area (Å²) in [5.41, 5.74) is 1.85. The Balaban J connectivity index is 1.68. The van der Waals surface area contributed by atoms with Crippen LogP contribution in [0.4, 0.5) is 19.0 Å². The van der Waals surface area contributed by atoms with Crippen molar-refractivity contribution in [3.05, 3.63) is 47.7 Å². The van der Waals surface area contributed by atoms with Crippen LogP contribution >= 0.6 is 11.6 Å². The van der Waals surface area contributed by atoms with Crippen molar-refractivity contribution < 1.29 is 18.0 Å². The zero-order valence-electron chi connectivity index (χ0n) is 15.2. The molecule has 3 aromatic heterocycles. The normalized spacial score (nSPS) is 11.7. The number of fused-ring (bicyclic) bond motifs is 2. The molecule has 0 saturated carbocycles. The number of para-hydroxylation sites is 1. The average molecular weight is 435 g/mol.